The fourth-order valence-corrected chi connectivity index (χ4v) is 3.93. The van der Waals surface area contributed by atoms with E-state index < -0.39 is 17.9 Å². The number of hydrogen-bond acceptors (Lipinski definition) is 4. The summed E-state index contributed by atoms with van der Waals surface area (Å²) in [4.78, 5) is 24.3. The summed E-state index contributed by atoms with van der Waals surface area (Å²) in [6.45, 7) is 0.343. The third-order valence-electron chi connectivity index (χ3n) is 4.73. The molecule has 116 valence electrons. The van der Waals surface area contributed by atoms with Gasteiger partial charge in [0.15, 0.2) is 0 Å². The average molecular weight is 317 g/mol. The van der Waals surface area contributed by atoms with Gasteiger partial charge in [-0.05, 0) is 36.3 Å². The number of hydrogen-bond donors (Lipinski definition) is 2. The van der Waals surface area contributed by atoms with E-state index >= 15 is 0 Å². The van der Waals surface area contributed by atoms with Crippen molar-refractivity contribution in [1.29, 1.82) is 0 Å². The Labute approximate surface area is 134 Å². The molecule has 1 heterocycles. The van der Waals surface area contributed by atoms with Crippen molar-refractivity contribution < 1.29 is 14.7 Å². The highest BCUT2D eigenvalue weighted by Crippen LogP contribution is 2.29. The smallest absolute Gasteiger partial charge is 0.321 e. The van der Waals surface area contributed by atoms with Gasteiger partial charge in [-0.1, -0.05) is 36.5 Å². The molecule has 3 rings (SSSR count). The van der Waals surface area contributed by atoms with Crippen molar-refractivity contribution in [2.24, 2.45) is 11.8 Å². The monoisotopic (exact) mass is 317 g/mol. The number of Topliss-reactive ketones (excluding diaryl/α,β-unsaturated/α-hetero) is 1. The van der Waals surface area contributed by atoms with E-state index in [0.717, 1.165) is 19.3 Å². The Morgan fingerprint density at radius 2 is 2.00 bits per heavy atom. The molecule has 0 radical (unpaired) electrons. The molecule has 1 aromatic rings. The third-order valence-corrected chi connectivity index (χ3v) is 5.13. The molecule has 1 unspecified atom stereocenters. The lowest BCUT2D eigenvalue weighted by Crippen LogP contribution is -2.40. The predicted octanol–water partition coefficient (Wildman–Crippen LogP) is 1.79. The number of rotatable bonds is 4. The Morgan fingerprint density at radius 1 is 1.27 bits per heavy atom. The summed E-state index contributed by atoms with van der Waals surface area (Å²) in [7, 11) is 0. The Bertz CT molecular complexity index is 628. The van der Waals surface area contributed by atoms with Crippen molar-refractivity contribution in [1.82, 2.24) is 5.32 Å². The van der Waals surface area contributed by atoms with Crippen LogP contribution in [-0.2, 0) is 22.4 Å². The summed E-state index contributed by atoms with van der Waals surface area (Å²) in [6, 6.07) is 7.48. The summed E-state index contributed by atoms with van der Waals surface area (Å²) < 4.78 is 0. The van der Waals surface area contributed by atoms with Crippen molar-refractivity contribution in [3.05, 3.63) is 35.4 Å². The van der Waals surface area contributed by atoms with Crippen LogP contribution in [0.4, 0.5) is 0 Å². The van der Waals surface area contributed by atoms with Gasteiger partial charge in [0.05, 0.1) is 5.92 Å². The standard InChI is InChI=1S/C17H19NO3S/c19-13(15-14(22)9-18-16(15)17(20)21)8-10-5-6-11-3-1-2-4-12(11)7-10/h1-4,10,15-16,18H,5-9H2,(H,20,21)/t10-,15?,16+/m1/s1. The van der Waals surface area contributed by atoms with Crippen molar-refractivity contribution in [2.75, 3.05) is 6.54 Å². The second-order valence-electron chi connectivity index (χ2n) is 6.19. The van der Waals surface area contributed by atoms with E-state index in [1.165, 1.54) is 11.1 Å². The Balaban J connectivity index is 1.67. The molecule has 3 atom stereocenters. The van der Waals surface area contributed by atoms with Gasteiger partial charge in [-0.2, -0.15) is 0 Å². The van der Waals surface area contributed by atoms with Crippen LogP contribution in [0, 0.1) is 11.8 Å². The minimum atomic E-state index is -0.993. The maximum Gasteiger partial charge on any atom is 0.321 e. The molecule has 1 aliphatic carbocycles. The largest absolute Gasteiger partial charge is 0.480 e. The molecule has 0 amide bonds. The van der Waals surface area contributed by atoms with Gasteiger partial charge >= 0.3 is 5.97 Å². The van der Waals surface area contributed by atoms with Crippen molar-refractivity contribution >= 4 is 28.8 Å². The highest BCUT2D eigenvalue weighted by Gasteiger charge is 2.41. The maximum atomic E-state index is 12.6. The maximum absolute atomic E-state index is 12.6. The minimum Gasteiger partial charge on any atom is -0.480 e. The number of fused-ring (bicyclic) bond motifs is 1. The van der Waals surface area contributed by atoms with E-state index in [4.69, 9.17) is 12.2 Å². The van der Waals surface area contributed by atoms with Gasteiger partial charge in [-0.15, -0.1) is 0 Å². The summed E-state index contributed by atoms with van der Waals surface area (Å²) in [6.07, 6.45) is 3.29. The van der Waals surface area contributed by atoms with E-state index in [0.29, 0.717) is 23.7 Å². The van der Waals surface area contributed by atoms with E-state index in [1.807, 2.05) is 12.1 Å². The number of carboxylic acid groups (broad SMARTS) is 1. The SMILES string of the molecule is O=C(C[C@@H]1CCc2ccccc2C1)C1C(=S)CN[C@@H]1C(=O)O. The molecule has 0 saturated carbocycles. The number of nitrogens with one attached hydrogen (secondary N) is 1. The number of aryl methyl sites for hydroxylation is 1. The number of aliphatic carboxylic acids is 1. The number of carboxylic acids is 1. The first-order valence-corrected chi connectivity index (χ1v) is 8.05. The van der Waals surface area contributed by atoms with Gasteiger partial charge in [-0.25, -0.2) is 0 Å². The molecule has 0 spiro atoms. The van der Waals surface area contributed by atoms with E-state index in [-0.39, 0.29) is 5.78 Å². The number of carbonyl (C=O) groups is 2. The third kappa shape index (κ3) is 2.96. The molecule has 0 aromatic heterocycles. The van der Waals surface area contributed by atoms with Crippen LogP contribution in [-0.4, -0.2) is 34.3 Å². The zero-order valence-electron chi connectivity index (χ0n) is 12.2. The van der Waals surface area contributed by atoms with Crippen LogP contribution in [0.25, 0.3) is 0 Å². The number of thiocarbonyl (C=S) groups is 1. The van der Waals surface area contributed by atoms with Gasteiger partial charge in [0.1, 0.15) is 11.8 Å². The average Bonchev–Trinajstić information content (AvgIpc) is 2.89. The molecule has 1 aliphatic heterocycles. The normalized spacial score (nSPS) is 27.5. The van der Waals surface area contributed by atoms with Crippen LogP contribution in [0.5, 0.6) is 0 Å². The van der Waals surface area contributed by atoms with E-state index in [1.54, 1.807) is 0 Å². The van der Waals surface area contributed by atoms with E-state index in [9.17, 15) is 14.7 Å². The lowest BCUT2D eigenvalue weighted by Gasteiger charge is -2.25. The summed E-state index contributed by atoms with van der Waals surface area (Å²) >= 11 is 5.20. The van der Waals surface area contributed by atoms with Crippen LogP contribution >= 0.6 is 12.2 Å². The Hall–Kier alpha value is -1.59. The first-order chi connectivity index (χ1) is 10.6. The van der Waals surface area contributed by atoms with Crippen LogP contribution in [0.3, 0.4) is 0 Å². The van der Waals surface area contributed by atoms with Gasteiger partial charge in [0.2, 0.25) is 0 Å². The molecule has 4 nitrogen and oxygen atoms in total. The predicted molar refractivity (Wildman–Crippen MR) is 87.1 cm³/mol. The lowest BCUT2D eigenvalue weighted by atomic mass is 9.79. The minimum absolute atomic E-state index is 0.0215. The highest BCUT2D eigenvalue weighted by atomic mass is 32.1. The molecule has 5 heteroatoms. The van der Waals surface area contributed by atoms with E-state index in [2.05, 4.69) is 17.4 Å². The molecule has 1 fully saturated rings. The second-order valence-corrected chi connectivity index (χ2v) is 6.71. The molecule has 2 N–H and O–H groups in total. The fraction of sp³-hybridized carbons (Fsp3) is 0.471. The number of benzene rings is 1. The number of ketones is 1. The molecular formula is C17H19NO3S. The highest BCUT2D eigenvalue weighted by molar-refractivity contribution is 7.80. The van der Waals surface area contributed by atoms with Gasteiger partial charge < -0.3 is 5.11 Å². The topological polar surface area (TPSA) is 66.4 Å². The first-order valence-electron chi connectivity index (χ1n) is 7.64. The summed E-state index contributed by atoms with van der Waals surface area (Å²) in [5.74, 6) is -1.37. The molecule has 22 heavy (non-hydrogen) atoms. The summed E-state index contributed by atoms with van der Waals surface area (Å²) in [5, 5.41) is 12.0. The lowest BCUT2D eigenvalue weighted by molar-refractivity contribution is -0.142. The zero-order valence-corrected chi connectivity index (χ0v) is 13.1. The van der Waals surface area contributed by atoms with Crippen molar-refractivity contribution in [2.45, 2.75) is 31.7 Å². The quantitative estimate of drug-likeness (QED) is 0.829. The molecule has 1 saturated heterocycles. The van der Waals surface area contributed by atoms with Crippen LogP contribution in [0.15, 0.2) is 24.3 Å². The van der Waals surface area contributed by atoms with Crippen LogP contribution in [0.1, 0.15) is 24.0 Å². The van der Waals surface area contributed by atoms with Crippen molar-refractivity contribution in [3.8, 4) is 0 Å². The molecule has 2 aliphatic rings. The number of carbonyl (C=O) groups excluding carboxylic acids is 1. The molecular weight excluding hydrogens is 298 g/mol. The molecule has 0 bridgehead atoms. The van der Waals surface area contributed by atoms with Gasteiger partial charge in [-0.3, -0.25) is 14.9 Å². The fourth-order valence-electron chi connectivity index (χ4n) is 3.58. The van der Waals surface area contributed by atoms with Gasteiger partial charge in [0, 0.05) is 17.8 Å². The zero-order chi connectivity index (χ0) is 15.7. The first kappa shape index (κ1) is 15.3. The molecule has 1 aromatic carbocycles. The summed E-state index contributed by atoms with van der Waals surface area (Å²) in [5.41, 5.74) is 2.68. The van der Waals surface area contributed by atoms with Crippen molar-refractivity contribution in [3.63, 3.8) is 0 Å². The van der Waals surface area contributed by atoms with Crippen LogP contribution < -0.4 is 5.32 Å². The second kappa shape index (κ2) is 6.26. The van der Waals surface area contributed by atoms with Gasteiger partial charge in [0.25, 0.3) is 0 Å². The Kier molecular flexibility index (Phi) is 4.36. The van der Waals surface area contributed by atoms with Crippen LogP contribution in [0.2, 0.25) is 0 Å². The Morgan fingerprint density at radius 3 is 2.73 bits per heavy atom.